The van der Waals surface area contributed by atoms with Gasteiger partial charge in [-0.3, -0.25) is 4.79 Å². The fourth-order valence-electron chi connectivity index (χ4n) is 2.14. The van der Waals surface area contributed by atoms with Crippen LogP contribution in [-0.2, 0) is 11.3 Å². The molecule has 2 rings (SSSR count). The lowest BCUT2D eigenvalue weighted by atomic mass is 10.2. The molecule has 0 radical (unpaired) electrons. The topological polar surface area (TPSA) is 79.5 Å². The first-order valence-electron chi connectivity index (χ1n) is 7.62. The minimum Gasteiger partial charge on any atom is -0.496 e. The van der Waals surface area contributed by atoms with E-state index in [4.69, 9.17) is 4.74 Å². The van der Waals surface area contributed by atoms with Crippen LogP contribution >= 0.6 is 0 Å². The molecule has 3 N–H and O–H groups in total. The van der Waals surface area contributed by atoms with Crippen molar-refractivity contribution < 1.29 is 14.3 Å². The number of methoxy groups -OCH3 is 1. The molecular formula is C18H21N3O3. The minimum absolute atomic E-state index is 0.274. The van der Waals surface area contributed by atoms with E-state index in [1.165, 1.54) is 0 Å². The van der Waals surface area contributed by atoms with E-state index in [1.54, 1.807) is 26.2 Å². The largest absolute Gasteiger partial charge is 0.496 e. The number of rotatable bonds is 6. The summed E-state index contributed by atoms with van der Waals surface area (Å²) in [6, 6.07) is 15.4. The number of benzene rings is 2. The first kappa shape index (κ1) is 17.3. The number of hydrogen-bond donors (Lipinski definition) is 3. The summed E-state index contributed by atoms with van der Waals surface area (Å²) in [5, 5.41) is 8.05. The van der Waals surface area contributed by atoms with Gasteiger partial charge in [0.15, 0.2) is 0 Å². The molecule has 0 aliphatic carbocycles. The SMILES string of the molecule is COc1ccccc1CNC(=O)[C@@H](C)NC(=O)Nc1ccccc1. The van der Waals surface area contributed by atoms with Crippen molar-refractivity contribution in [3.63, 3.8) is 0 Å². The molecule has 0 aliphatic heterocycles. The van der Waals surface area contributed by atoms with E-state index in [-0.39, 0.29) is 5.91 Å². The van der Waals surface area contributed by atoms with Crippen LogP contribution in [0.15, 0.2) is 54.6 Å². The Morgan fingerprint density at radius 2 is 1.71 bits per heavy atom. The Bertz CT molecular complexity index is 689. The zero-order valence-corrected chi connectivity index (χ0v) is 13.7. The van der Waals surface area contributed by atoms with E-state index in [2.05, 4.69) is 16.0 Å². The highest BCUT2D eigenvalue weighted by Crippen LogP contribution is 2.16. The Morgan fingerprint density at radius 3 is 2.42 bits per heavy atom. The Hall–Kier alpha value is -3.02. The molecule has 6 heteroatoms. The Balaban J connectivity index is 1.82. The summed E-state index contributed by atoms with van der Waals surface area (Å²) in [7, 11) is 1.58. The van der Waals surface area contributed by atoms with E-state index in [0.717, 1.165) is 5.56 Å². The first-order valence-corrected chi connectivity index (χ1v) is 7.62. The Labute approximate surface area is 141 Å². The van der Waals surface area contributed by atoms with E-state index < -0.39 is 12.1 Å². The number of carbonyl (C=O) groups excluding carboxylic acids is 2. The molecule has 24 heavy (non-hydrogen) atoms. The maximum atomic E-state index is 12.1. The summed E-state index contributed by atoms with van der Waals surface area (Å²) in [6.45, 7) is 1.96. The van der Waals surface area contributed by atoms with E-state index in [1.807, 2.05) is 42.5 Å². The van der Waals surface area contributed by atoms with Crippen molar-refractivity contribution >= 4 is 17.6 Å². The van der Waals surface area contributed by atoms with Crippen LogP contribution in [0, 0.1) is 0 Å². The molecule has 0 fully saturated rings. The van der Waals surface area contributed by atoms with Gasteiger partial charge in [0.05, 0.1) is 7.11 Å². The summed E-state index contributed by atoms with van der Waals surface area (Å²) >= 11 is 0. The van der Waals surface area contributed by atoms with Gasteiger partial charge in [-0.25, -0.2) is 4.79 Å². The molecule has 1 atom stereocenters. The van der Waals surface area contributed by atoms with E-state index in [9.17, 15) is 9.59 Å². The monoisotopic (exact) mass is 327 g/mol. The van der Waals surface area contributed by atoms with Gasteiger partial charge < -0.3 is 20.7 Å². The van der Waals surface area contributed by atoms with Crippen molar-refractivity contribution in [1.29, 1.82) is 0 Å². The third kappa shape index (κ3) is 5.01. The average Bonchev–Trinajstić information content (AvgIpc) is 2.60. The highest BCUT2D eigenvalue weighted by molar-refractivity contribution is 5.93. The van der Waals surface area contributed by atoms with Crippen molar-refractivity contribution in [2.24, 2.45) is 0 Å². The fourth-order valence-corrected chi connectivity index (χ4v) is 2.14. The predicted molar refractivity (Wildman–Crippen MR) is 92.9 cm³/mol. The molecule has 6 nitrogen and oxygen atoms in total. The van der Waals surface area contributed by atoms with Gasteiger partial charge in [0.2, 0.25) is 5.91 Å². The molecule has 0 heterocycles. The number of nitrogens with one attached hydrogen (secondary N) is 3. The standard InChI is InChI=1S/C18H21N3O3/c1-13(20-18(23)21-15-9-4-3-5-10-15)17(22)19-12-14-8-6-7-11-16(14)24-2/h3-11,13H,12H2,1-2H3,(H,19,22)(H2,20,21,23)/t13-/m1/s1. The zero-order chi connectivity index (χ0) is 17.4. The molecule has 0 saturated carbocycles. The number of hydrogen-bond acceptors (Lipinski definition) is 3. The highest BCUT2D eigenvalue weighted by atomic mass is 16.5. The third-order valence-corrected chi connectivity index (χ3v) is 3.42. The van der Waals surface area contributed by atoms with Gasteiger partial charge in [-0.1, -0.05) is 36.4 Å². The van der Waals surface area contributed by atoms with Crippen LogP contribution in [0.5, 0.6) is 5.75 Å². The molecule has 0 bridgehead atoms. The number of para-hydroxylation sites is 2. The summed E-state index contributed by atoms with van der Waals surface area (Å²) in [6.07, 6.45) is 0. The number of anilines is 1. The summed E-state index contributed by atoms with van der Waals surface area (Å²) in [5.74, 6) is 0.435. The lowest BCUT2D eigenvalue weighted by Crippen LogP contribution is -2.46. The Kier molecular flexibility index (Phi) is 6.19. The van der Waals surface area contributed by atoms with Crippen molar-refractivity contribution in [2.75, 3.05) is 12.4 Å². The molecule has 0 aliphatic rings. The molecule has 2 aromatic rings. The van der Waals surface area contributed by atoms with Crippen molar-refractivity contribution in [1.82, 2.24) is 10.6 Å². The van der Waals surface area contributed by atoms with Gasteiger partial charge in [-0.05, 0) is 25.1 Å². The molecule has 0 aromatic heterocycles. The number of ether oxygens (including phenoxy) is 1. The van der Waals surface area contributed by atoms with Gasteiger partial charge in [-0.15, -0.1) is 0 Å². The van der Waals surface area contributed by atoms with Crippen LogP contribution in [0.4, 0.5) is 10.5 Å². The van der Waals surface area contributed by atoms with Crippen LogP contribution in [0.1, 0.15) is 12.5 Å². The van der Waals surface area contributed by atoms with Crippen LogP contribution in [-0.4, -0.2) is 25.1 Å². The minimum atomic E-state index is -0.664. The molecular weight excluding hydrogens is 306 g/mol. The molecule has 0 saturated heterocycles. The van der Waals surface area contributed by atoms with Crippen LogP contribution < -0.4 is 20.7 Å². The van der Waals surface area contributed by atoms with Crippen molar-refractivity contribution in [2.45, 2.75) is 19.5 Å². The number of carbonyl (C=O) groups is 2. The third-order valence-electron chi connectivity index (χ3n) is 3.42. The number of amides is 3. The lowest BCUT2D eigenvalue weighted by molar-refractivity contribution is -0.122. The van der Waals surface area contributed by atoms with Gasteiger partial charge in [0.1, 0.15) is 11.8 Å². The highest BCUT2D eigenvalue weighted by Gasteiger charge is 2.15. The number of urea groups is 1. The second-order valence-electron chi connectivity index (χ2n) is 5.22. The van der Waals surface area contributed by atoms with Crippen molar-refractivity contribution in [3.05, 3.63) is 60.2 Å². The van der Waals surface area contributed by atoms with Gasteiger partial charge in [-0.2, -0.15) is 0 Å². The zero-order valence-electron chi connectivity index (χ0n) is 13.7. The maximum absolute atomic E-state index is 12.1. The average molecular weight is 327 g/mol. The summed E-state index contributed by atoms with van der Waals surface area (Å²) < 4.78 is 5.24. The second kappa shape index (κ2) is 8.57. The molecule has 2 aromatic carbocycles. The predicted octanol–water partition coefficient (Wildman–Crippen LogP) is 2.52. The smallest absolute Gasteiger partial charge is 0.319 e. The molecule has 126 valence electrons. The summed E-state index contributed by atoms with van der Waals surface area (Å²) in [5.41, 5.74) is 1.53. The van der Waals surface area contributed by atoms with Gasteiger partial charge in [0, 0.05) is 17.8 Å². The van der Waals surface area contributed by atoms with Gasteiger partial charge >= 0.3 is 6.03 Å². The van der Waals surface area contributed by atoms with Crippen molar-refractivity contribution in [3.8, 4) is 5.75 Å². The van der Waals surface area contributed by atoms with Crippen LogP contribution in [0.2, 0.25) is 0 Å². The summed E-state index contributed by atoms with van der Waals surface area (Å²) in [4.78, 5) is 24.0. The first-order chi connectivity index (χ1) is 11.6. The van der Waals surface area contributed by atoms with Crippen LogP contribution in [0.3, 0.4) is 0 Å². The molecule has 3 amide bonds. The maximum Gasteiger partial charge on any atom is 0.319 e. The molecule has 0 unspecified atom stereocenters. The van der Waals surface area contributed by atoms with E-state index in [0.29, 0.717) is 18.0 Å². The van der Waals surface area contributed by atoms with Gasteiger partial charge in [0.25, 0.3) is 0 Å². The normalized spacial score (nSPS) is 11.2. The Morgan fingerprint density at radius 1 is 1.04 bits per heavy atom. The van der Waals surface area contributed by atoms with Crippen LogP contribution in [0.25, 0.3) is 0 Å². The quantitative estimate of drug-likeness (QED) is 0.763. The fraction of sp³-hybridized carbons (Fsp3) is 0.222. The second-order valence-corrected chi connectivity index (χ2v) is 5.22. The lowest BCUT2D eigenvalue weighted by Gasteiger charge is -2.15. The van der Waals surface area contributed by atoms with E-state index >= 15 is 0 Å². The molecule has 0 spiro atoms.